The highest BCUT2D eigenvalue weighted by molar-refractivity contribution is 6.11. The number of rotatable bonds is 5. The van der Waals surface area contributed by atoms with Gasteiger partial charge in [0.05, 0.1) is 5.39 Å². The molecular weight excluding hydrogens is 510 g/mol. The minimum Gasteiger partial charge on any atom is -0.456 e. The lowest BCUT2D eigenvalue weighted by molar-refractivity contribution is 0.668. The molecule has 1 aromatic heterocycles. The van der Waals surface area contributed by atoms with E-state index in [1.165, 1.54) is 72.1 Å². The van der Waals surface area contributed by atoms with E-state index in [1.54, 1.807) is 0 Å². The molecule has 7 aromatic rings. The molecule has 42 heavy (non-hydrogen) atoms. The van der Waals surface area contributed by atoms with Crippen molar-refractivity contribution in [2.24, 2.45) is 0 Å². The van der Waals surface area contributed by atoms with Crippen LogP contribution in [0.1, 0.15) is 33.4 Å². The van der Waals surface area contributed by atoms with Crippen molar-refractivity contribution in [1.82, 2.24) is 0 Å². The van der Waals surface area contributed by atoms with Crippen LogP contribution in [0, 0.1) is 0 Å². The minimum absolute atomic E-state index is 0.812. The average Bonchev–Trinajstić information content (AvgIpc) is 3.72. The van der Waals surface area contributed by atoms with Crippen molar-refractivity contribution in [2.45, 2.75) is 25.9 Å². The van der Waals surface area contributed by atoms with Crippen LogP contribution in [0.4, 0.5) is 5.69 Å². The third-order valence-electron chi connectivity index (χ3n) is 9.30. The summed E-state index contributed by atoms with van der Waals surface area (Å²) in [6, 6.07) is 46.4. The van der Waals surface area contributed by atoms with Crippen molar-refractivity contribution in [2.75, 3.05) is 4.90 Å². The van der Waals surface area contributed by atoms with E-state index in [1.807, 2.05) is 0 Å². The van der Waals surface area contributed by atoms with Gasteiger partial charge in [-0.25, -0.2) is 0 Å². The Morgan fingerprint density at radius 2 is 1.14 bits per heavy atom. The second kappa shape index (κ2) is 9.22. The lowest BCUT2D eigenvalue weighted by Crippen LogP contribution is -2.23. The minimum atomic E-state index is 0.812. The zero-order valence-corrected chi connectivity index (χ0v) is 23.3. The molecule has 0 spiro atoms. The summed E-state index contributed by atoms with van der Waals surface area (Å²) in [6.45, 7) is 1.63. The second-order valence-corrected chi connectivity index (χ2v) is 11.7. The Morgan fingerprint density at radius 3 is 2.07 bits per heavy atom. The summed E-state index contributed by atoms with van der Waals surface area (Å²) in [4.78, 5) is 2.58. The number of anilines is 1. The Labute approximate surface area is 245 Å². The second-order valence-electron chi connectivity index (χ2n) is 11.7. The first-order chi connectivity index (χ1) is 20.8. The molecule has 0 saturated heterocycles. The lowest BCUT2D eigenvalue weighted by Gasteiger charge is -2.28. The van der Waals surface area contributed by atoms with Crippen LogP contribution in [0.5, 0.6) is 0 Å². The normalized spacial score (nSPS) is 12.8. The molecule has 0 bridgehead atoms. The Bertz CT molecular complexity index is 2170. The van der Waals surface area contributed by atoms with Crippen LogP contribution in [0.2, 0.25) is 0 Å². The highest BCUT2D eigenvalue weighted by atomic mass is 16.3. The van der Waals surface area contributed by atoms with Gasteiger partial charge in [-0.1, -0.05) is 109 Å². The van der Waals surface area contributed by atoms with E-state index in [0.717, 1.165) is 37.1 Å². The Kier molecular flexibility index (Phi) is 5.18. The first-order valence-corrected chi connectivity index (χ1v) is 14.8. The molecule has 0 N–H and O–H groups in total. The van der Waals surface area contributed by atoms with Crippen LogP contribution in [0.3, 0.4) is 0 Å². The van der Waals surface area contributed by atoms with Gasteiger partial charge in [0.2, 0.25) is 0 Å². The van der Waals surface area contributed by atoms with Crippen LogP contribution >= 0.6 is 0 Å². The molecule has 0 saturated carbocycles. The maximum atomic E-state index is 6.35. The fourth-order valence-corrected chi connectivity index (χ4v) is 7.43. The molecule has 2 nitrogen and oxygen atoms in total. The molecule has 1 heterocycles. The van der Waals surface area contributed by atoms with Gasteiger partial charge < -0.3 is 9.32 Å². The van der Waals surface area contributed by atoms with Crippen molar-refractivity contribution < 1.29 is 4.42 Å². The molecule has 0 unspecified atom stereocenters. The molecule has 0 amide bonds. The molecule has 2 aliphatic rings. The van der Waals surface area contributed by atoms with E-state index >= 15 is 0 Å². The van der Waals surface area contributed by atoms with Crippen LogP contribution in [-0.4, -0.2) is 0 Å². The molecule has 0 radical (unpaired) electrons. The summed E-state index contributed by atoms with van der Waals surface area (Å²) in [6.07, 6.45) is 1.99. The van der Waals surface area contributed by atoms with Gasteiger partial charge in [0.25, 0.3) is 0 Å². The fraction of sp³-hybridized carbons (Fsp3) is 0.100. The highest BCUT2D eigenvalue weighted by Gasteiger charge is 2.26. The van der Waals surface area contributed by atoms with Crippen molar-refractivity contribution in [3.05, 3.63) is 161 Å². The standard InChI is InChI=1S/C40H29NO/c1-3-15-31-27(11-1)23-35-29(13-8-18-33(31)35)24-41(36-19-9-21-38-40(36)34-17-5-6-20-37(34)42-38)25-30-14-7-12-28-22-26-10-2-4-16-32(26)39(28)30/h1-21H,22-25H2. The Balaban J connectivity index is 1.22. The first-order valence-electron chi connectivity index (χ1n) is 14.8. The third kappa shape index (κ3) is 3.58. The smallest absolute Gasteiger partial charge is 0.137 e. The van der Waals surface area contributed by atoms with Gasteiger partial charge in [0.1, 0.15) is 11.2 Å². The largest absolute Gasteiger partial charge is 0.456 e. The van der Waals surface area contributed by atoms with Crippen molar-refractivity contribution in [3.8, 4) is 22.3 Å². The van der Waals surface area contributed by atoms with E-state index < -0.39 is 0 Å². The number of fused-ring (bicyclic) bond motifs is 9. The van der Waals surface area contributed by atoms with E-state index in [-0.39, 0.29) is 0 Å². The Morgan fingerprint density at radius 1 is 0.500 bits per heavy atom. The number of hydrogen-bond donors (Lipinski definition) is 0. The number of hydrogen-bond acceptors (Lipinski definition) is 2. The molecule has 200 valence electrons. The molecule has 6 aromatic carbocycles. The predicted octanol–water partition coefficient (Wildman–Crippen LogP) is 9.94. The maximum absolute atomic E-state index is 6.35. The molecule has 0 aliphatic heterocycles. The van der Waals surface area contributed by atoms with Gasteiger partial charge in [-0.15, -0.1) is 0 Å². The third-order valence-corrected chi connectivity index (χ3v) is 9.30. The summed E-state index contributed by atoms with van der Waals surface area (Å²) >= 11 is 0. The topological polar surface area (TPSA) is 16.4 Å². The van der Waals surface area contributed by atoms with E-state index in [4.69, 9.17) is 4.42 Å². The summed E-state index contributed by atoms with van der Waals surface area (Å²) < 4.78 is 6.35. The maximum Gasteiger partial charge on any atom is 0.137 e. The van der Waals surface area contributed by atoms with E-state index in [0.29, 0.717) is 0 Å². The van der Waals surface area contributed by atoms with Crippen LogP contribution < -0.4 is 4.90 Å². The highest BCUT2D eigenvalue weighted by Crippen LogP contribution is 2.43. The van der Waals surface area contributed by atoms with Crippen LogP contribution in [0.15, 0.2) is 132 Å². The number of para-hydroxylation sites is 1. The molecule has 2 aliphatic carbocycles. The number of nitrogens with zero attached hydrogens (tertiary/aromatic N) is 1. The SMILES string of the molecule is c1ccc2c(c1)Cc1c(CN(Cc3cccc4c3-c3ccccc3C4)c3cccc4oc5ccccc5c34)cccc1-2. The Hall–Kier alpha value is -5.08. The van der Waals surface area contributed by atoms with Gasteiger partial charge in [-0.3, -0.25) is 0 Å². The van der Waals surface area contributed by atoms with E-state index in [2.05, 4.69) is 132 Å². The number of furan rings is 1. The fourth-order valence-electron chi connectivity index (χ4n) is 7.43. The number of benzene rings is 6. The quantitative estimate of drug-likeness (QED) is 0.216. The lowest BCUT2D eigenvalue weighted by atomic mass is 9.97. The van der Waals surface area contributed by atoms with Gasteiger partial charge >= 0.3 is 0 Å². The van der Waals surface area contributed by atoms with Crippen molar-refractivity contribution in [3.63, 3.8) is 0 Å². The summed E-state index contributed by atoms with van der Waals surface area (Å²) in [5.41, 5.74) is 17.1. The van der Waals surface area contributed by atoms with Crippen LogP contribution in [0.25, 0.3) is 44.2 Å². The summed E-state index contributed by atoms with van der Waals surface area (Å²) in [7, 11) is 0. The molecule has 0 atom stereocenters. The monoisotopic (exact) mass is 539 g/mol. The molecule has 9 rings (SSSR count). The van der Waals surface area contributed by atoms with E-state index in [9.17, 15) is 0 Å². The van der Waals surface area contributed by atoms with Crippen molar-refractivity contribution >= 4 is 27.6 Å². The van der Waals surface area contributed by atoms with Crippen LogP contribution in [-0.2, 0) is 25.9 Å². The molecule has 2 heteroatoms. The summed E-state index contributed by atoms with van der Waals surface area (Å²) in [5, 5.41) is 2.36. The predicted molar refractivity (Wildman–Crippen MR) is 173 cm³/mol. The average molecular weight is 540 g/mol. The van der Waals surface area contributed by atoms with Gasteiger partial charge in [-0.2, -0.15) is 0 Å². The van der Waals surface area contributed by atoms with Crippen molar-refractivity contribution in [1.29, 1.82) is 0 Å². The van der Waals surface area contributed by atoms with Gasteiger partial charge in [0.15, 0.2) is 0 Å². The first kappa shape index (κ1) is 23.6. The van der Waals surface area contributed by atoms with Gasteiger partial charge in [-0.05, 0) is 86.7 Å². The molecular formula is C40H29NO. The van der Waals surface area contributed by atoms with Gasteiger partial charge in [0, 0.05) is 24.2 Å². The zero-order valence-electron chi connectivity index (χ0n) is 23.3. The molecule has 0 fully saturated rings. The summed E-state index contributed by atoms with van der Waals surface area (Å²) in [5.74, 6) is 0. The zero-order chi connectivity index (χ0) is 27.6.